The van der Waals surface area contributed by atoms with Gasteiger partial charge in [-0.25, -0.2) is 0 Å². The second-order valence-corrected chi connectivity index (χ2v) is 5.11. The normalized spacial score (nSPS) is 9.86. The third-order valence-electron chi connectivity index (χ3n) is 1.84. The average Bonchev–Trinajstić information content (AvgIpc) is 2.26. The summed E-state index contributed by atoms with van der Waals surface area (Å²) in [5.74, 6) is 2.52. The highest BCUT2D eigenvalue weighted by molar-refractivity contribution is 8.00. The lowest BCUT2D eigenvalue weighted by Crippen LogP contribution is -1.86. The van der Waals surface area contributed by atoms with E-state index in [2.05, 4.69) is 24.3 Å². The van der Waals surface area contributed by atoms with Crippen LogP contribution < -0.4 is 0 Å². The molecule has 3 heteroatoms. The number of rotatable bonds is 3. The largest absolute Gasteiger partial charge is 0.130 e. The van der Waals surface area contributed by atoms with Gasteiger partial charge in [0.05, 0.1) is 5.56 Å². The molecule has 0 saturated carbocycles. The molecule has 1 rings (SSSR count). The molecular formula is C11H11S3. The van der Waals surface area contributed by atoms with Crippen LogP contribution >= 0.6 is 35.3 Å². The summed E-state index contributed by atoms with van der Waals surface area (Å²) in [6.45, 7) is 0. The molecule has 0 atom stereocenters. The zero-order valence-electron chi connectivity index (χ0n) is 8.38. The molecule has 0 nitrogen and oxygen atoms in total. The van der Waals surface area contributed by atoms with Crippen molar-refractivity contribution < 1.29 is 0 Å². The monoisotopic (exact) mass is 239 g/mol. The van der Waals surface area contributed by atoms with Gasteiger partial charge in [0.1, 0.15) is 0 Å². The van der Waals surface area contributed by atoms with Crippen molar-refractivity contribution in [3.63, 3.8) is 0 Å². The lowest BCUT2D eigenvalue weighted by atomic mass is 10.2. The zero-order chi connectivity index (χ0) is 10.6. The van der Waals surface area contributed by atoms with E-state index in [9.17, 15) is 0 Å². The summed E-state index contributed by atoms with van der Waals surface area (Å²) in [5.41, 5.74) is 0.919. The van der Waals surface area contributed by atoms with Crippen LogP contribution in [0.15, 0.2) is 26.8 Å². The van der Waals surface area contributed by atoms with Crippen molar-refractivity contribution >= 4 is 35.3 Å². The zero-order valence-corrected chi connectivity index (χ0v) is 10.8. The Hall–Kier alpha value is -0.170. The van der Waals surface area contributed by atoms with Crippen molar-refractivity contribution in [3.8, 4) is 5.92 Å². The second kappa shape index (κ2) is 5.65. The molecule has 0 aliphatic heterocycles. The first-order valence-corrected chi connectivity index (χ1v) is 7.67. The van der Waals surface area contributed by atoms with Gasteiger partial charge in [-0.15, -0.1) is 35.3 Å². The molecule has 0 aromatic heterocycles. The van der Waals surface area contributed by atoms with E-state index in [0.717, 1.165) is 15.4 Å². The summed E-state index contributed by atoms with van der Waals surface area (Å²) in [5, 5.41) is 0. The van der Waals surface area contributed by atoms with E-state index in [0.29, 0.717) is 0 Å². The van der Waals surface area contributed by atoms with Crippen LogP contribution in [0, 0.1) is 12.3 Å². The molecule has 0 N–H and O–H groups in total. The molecular weight excluding hydrogens is 228 g/mol. The van der Waals surface area contributed by atoms with E-state index < -0.39 is 0 Å². The predicted molar refractivity (Wildman–Crippen MR) is 68.0 cm³/mol. The summed E-state index contributed by atoms with van der Waals surface area (Å²) in [6.07, 6.45) is 13.4. The molecule has 14 heavy (non-hydrogen) atoms. The smallest absolute Gasteiger partial charge is 0.0527 e. The summed E-state index contributed by atoms with van der Waals surface area (Å²) >= 11 is 5.07. The van der Waals surface area contributed by atoms with Gasteiger partial charge < -0.3 is 0 Å². The highest BCUT2D eigenvalue weighted by Crippen LogP contribution is 2.33. The maximum Gasteiger partial charge on any atom is 0.0527 e. The van der Waals surface area contributed by atoms with Gasteiger partial charge in [0.25, 0.3) is 0 Å². The summed E-state index contributed by atoms with van der Waals surface area (Å²) in [7, 11) is 0. The van der Waals surface area contributed by atoms with Crippen molar-refractivity contribution in [1.82, 2.24) is 0 Å². The fourth-order valence-corrected chi connectivity index (χ4v) is 3.03. The van der Waals surface area contributed by atoms with Gasteiger partial charge in [0.2, 0.25) is 0 Å². The molecule has 0 amide bonds. The Bertz CT molecular complexity index is 338. The highest BCUT2D eigenvalue weighted by Gasteiger charge is 2.07. The highest BCUT2D eigenvalue weighted by atomic mass is 32.2. The Morgan fingerprint density at radius 3 is 1.79 bits per heavy atom. The minimum absolute atomic E-state index is 0.919. The lowest BCUT2D eigenvalue weighted by molar-refractivity contribution is 1.20. The van der Waals surface area contributed by atoms with Gasteiger partial charge in [-0.2, -0.15) is 0 Å². The van der Waals surface area contributed by atoms with E-state index in [-0.39, 0.29) is 0 Å². The van der Waals surface area contributed by atoms with E-state index in [1.165, 1.54) is 4.90 Å². The summed E-state index contributed by atoms with van der Waals surface area (Å²) in [6, 6.07) is 4.23. The Morgan fingerprint density at radius 2 is 1.50 bits per heavy atom. The maximum atomic E-state index is 7.28. The first-order valence-electron chi connectivity index (χ1n) is 3.99. The summed E-state index contributed by atoms with van der Waals surface area (Å²) in [4.78, 5) is 3.52. The van der Waals surface area contributed by atoms with Crippen LogP contribution in [0.4, 0.5) is 0 Å². The van der Waals surface area contributed by atoms with E-state index >= 15 is 0 Å². The molecule has 0 spiro atoms. The second-order valence-electron chi connectivity index (χ2n) is 2.53. The minimum atomic E-state index is 0.919. The van der Waals surface area contributed by atoms with Crippen LogP contribution in [0.5, 0.6) is 0 Å². The third-order valence-corrected chi connectivity index (χ3v) is 4.07. The van der Waals surface area contributed by atoms with Crippen LogP contribution in [0.3, 0.4) is 0 Å². The number of hydrogen-bond donors (Lipinski definition) is 0. The molecule has 1 aromatic carbocycles. The number of thioether (sulfide) groups is 3. The quantitative estimate of drug-likeness (QED) is 0.582. The van der Waals surface area contributed by atoms with Crippen molar-refractivity contribution in [3.05, 3.63) is 24.1 Å². The van der Waals surface area contributed by atoms with Crippen molar-refractivity contribution in [2.45, 2.75) is 14.7 Å². The van der Waals surface area contributed by atoms with Gasteiger partial charge in [0.15, 0.2) is 0 Å². The fraction of sp³-hybridized carbons (Fsp3) is 0.273. The van der Waals surface area contributed by atoms with Gasteiger partial charge in [-0.05, 0) is 37.3 Å². The first-order chi connectivity index (χ1) is 6.76. The molecule has 0 bridgehead atoms. The van der Waals surface area contributed by atoms with E-state index in [1.54, 1.807) is 35.3 Å². The van der Waals surface area contributed by atoms with Gasteiger partial charge >= 0.3 is 0 Å². The van der Waals surface area contributed by atoms with Crippen LogP contribution in [0.2, 0.25) is 0 Å². The van der Waals surface area contributed by atoms with Crippen LogP contribution in [-0.2, 0) is 0 Å². The first kappa shape index (κ1) is 11.9. The van der Waals surface area contributed by atoms with Gasteiger partial charge in [0, 0.05) is 14.7 Å². The fourth-order valence-electron chi connectivity index (χ4n) is 1.13. The third kappa shape index (κ3) is 2.44. The SMILES string of the molecule is [C]#Cc1c(SC)cc(SC)cc1SC. The van der Waals surface area contributed by atoms with Crippen molar-refractivity contribution in [2.75, 3.05) is 18.8 Å². The molecule has 0 aliphatic rings. The maximum absolute atomic E-state index is 7.28. The van der Waals surface area contributed by atoms with Gasteiger partial charge in [-0.1, -0.05) is 5.92 Å². The Morgan fingerprint density at radius 1 is 1.00 bits per heavy atom. The van der Waals surface area contributed by atoms with Crippen LogP contribution in [0.25, 0.3) is 0 Å². The topological polar surface area (TPSA) is 0 Å². The Kier molecular flexibility index (Phi) is 4.80. The Labute approximate surface area is 98.6 Å². The molecule has 0 unspecified atom stereocenters. The molecule has 0 aliphatic carbocycles. The molecule has 73 valence electrons. The van der Waals surface area contributed by atoms with Crippen molar-refractivity contribution in [1.29, 1.82) is 0 Å². The average molecular weight is 239 g/mol. The molecule has 0 saturated heterocycles. The van der Waals surface area contributed by atoms with E-state index in [1.807, 2.05) is 12.5 Å². The standard InChI is InChI=1S/C11H11S3/c1-5-9-10(13-3)6-8(12-2)7-11(9)14-4/h6-7H,2-4H3. The summed E-state index contributed by atoms with van der Waals surface area (Å²) < 4.78 is 0. The lowest BCUT2D eigenvalue weighted by Gasteiger charge is -2.08. The minimum Gasteiger partial charge on any atom is -0.130 e. The molecule has 0 fully saturated rings. The number of hydrogen-bond acceptors (Lipinski definition) is 3. The van der Waals surface area contributed by atoms with Crippen LogP contribution in [0.1, 0.15) is 5.56 Å². The van der Waals surface area contributed by atoms with Crippen molar-refractivity contribution in [2.24, 2.45) is 0 Å². The Balaban J connectivity index is 3.34. The molecule has 1 radical (unpaired) electrons. The van der Waals surface area contributed by atoms with Crippen LogP contribution in [-0.4, -0.2) is 18.8 Å². The predicted octanol–water partition coefficient (Wildman–Crippen LogP) is 3.79. The molecule has 0 heterocycles. The number of benzene rings is 1. The van der Waals surface area contributed by atoms with Gasteiger partial charge in [-0.3, -0.25) is 0 Å². The van der Waals surface area contributed by atoms with E-state index in [4.69, 9.17) is 6.42 Å². The molecule has 1 aromatic rings.